The SMILES string of the molecule is C/C=C/CC(NC(=O)C1(c2ccccc2)CCC1)C(=O)O. The van der Waals surface area contributed by atoms with Crippen LogP contribution >= 0.6 is 0 Å². The first kappa shape index (κ1) is 15.3. The van der Waals surface area contributed by atoms with Gasteiger partial charge in [-0.25, -0.2) is 4.79 Å². The molecule has 0 heterocycles. The third kappa shape index (κ3) is 3.15. The van der Waals surface area contributed by atoms with Crippen molar-refractivity contribution in [3.05, 3.63) is 48.0 Å². The lowest BCUT2D eigenvalue weighted by Crippen LogP contribution is -2.53. The standard InChI is InChI=1S/C17H21NO3/c1-2-3-10-14(15(19)20)18-16(21)17(11-7-12-17)13-8-5-4-6-9-13/h2-6,8-9,14H,7,10-12H2,1H3,(H,18,21)(H,19,20)/b3-2+. The maximum Gasteiger partial charge on any atom is 0.326 e. The maximum absolute atomic E-state index is 12.6. The van der Waals surface area contributed by atoms with E-state index >= 15 is 0 Å². The fourth-order valence-corrected chi connectivity index (χ4v) is 2.72. The molecule has 0 radical (unpaired) electrons. The molecule has 2 N–H and O–H groups in total. The first-order valence-corrected chi connectivity index (χ1v) is 7.30. The fraction of sp³-hybridized carbons (Fsp3) is 0.412. The van der Waals surface area contributed by atoms with Gasteiger partial charge in [-0.2, -0.15) is 0 Å². The van der Waals surface area contributed by atoms with E-state index in [2.05, 4.69) is 5.32 Å². The number of hydrogen-bond donors (Lipinski definition) is 2. The zero-order valence-corrected chi connectivity index (χ0v) is 12.2. The van der Waals surface area contributed by atoms with Crippen molar-refractivity contribution in [3.63, 3.8) is 0 Å². The lowest BCUT2D eigenvalue weighted by molar-refractivity contribution is -0.143. The van der Waals surface area contributed by atoms with E-state index in [0.29, 0.717) is 6.42 Å². The summed E-state index contributed by atoms with van der Waals surface area (Å²) in [4.78, 5) is 23.9. The Hall–Kier alpha value is -2.10. The van der Waals surface area contributed by atoms with Crippen LogP contribution in [0.3, 0.4) is 0 Å². The van der Waals surface area contributed by atoms with Crippen molar-refractivity contribution in [2.75, 3.05) is 0 Å². The molecule has 1 fully saturated rings. The Morgan fingerprint density at radius 1 is 1.33 bits per heavy atom. The summed E-state index contributed by atoms with van der Waals surface area (Å²) in [5.41, 5.74) is 0.425. The van der Waals surface area contributed by atoms with Crippen molar-refractivity contribution >= 4 is 11.9 Å². The maximum atomic E-state index is 12.6. The highest BCUT2D eigenvalue weighted by Crippen LogP contribution is 2.43. The monoisotopic (exact) mass is 287 g/mol. The van der Waals surface area contributed by atoms with Gasteiger partial charge in [0, 0.05) is 0 Å². The van der Waals surface area contributed by atoms with Gasteiger partial charge in [-0.1, -0.05) is 48.9 Å². The highest BCUT2D eigenvalue weighted by atomic mass is 16.4. The largest absolute Gasteiger partial charge is 0.480 e. The number of carboxylic acids is 1. The molecule has 1 atom stereocenters. The number of rotatable bonds is 6. The summed E-state index contributed by atoms with van der Waals surface area (Å²) in [6.45, 7) is 1.83. The molecule has 4 nitrogen and oxygen atoms in total. The van der Waals surface area contributed by atoms with E-state index in [0.717, 1.165) is 24.8 Å². The van der Waals surface area contributed by atoms with E-state index in [-0.39, 0.29) is 5.91 Å². The Morgan fingerprint density at radius 3 is 2.48 bits per heavy atom. The van der Waals surface area contributed by atoms with Crippen molar-refractivity contribution in [2.24, 2.45) is 0 Å². The van der Waals surface area contributed by atoms with Crippen molar-refractivity contribution in [1.82, 2.24) is 5.32 Å². The predicted molar refractivity (Wildman–Crippen MR) is 81.0 cm³/mol. The van der Waals surface area contributed by atoms with Crippen LogP contribution in [0, 0.1) is 0 Å². The first-order valence-electron chi connectivity index (χ1n) is 7.30. The van der Waals surface area contributed by atoms with Crippen LogP contribution in [0.1, 0.15) is 38.2 Å². The molecule has 1 aliphatic rings. The minimum atomic E-state index is -0.996. The van der Waals surface area contributed by atoms with Gasteiger partial charge >= 0.3 is 5.97 Å². The summed E-state index contributed by atoms with van der Waals surface area (Å²) in [6.07, 6.45) is 6.41. The molecule has 2 rings (SSSR count). The van der Waals surface area contributed by atoms with E-state index in [1.165, 1.54) is 0 Å². The topological polar surface area (TPSA) is 66.4 Å². The second-order valence-corrected chi connectivity index (χ2v) is 5.47. The smallest absolute Gasteiger partial charge is 0.326 e. The zero-order valence-electron chi connectivity index (χ0n) is 12.2. The molecular weight excluding hydrogens is 266 g/mol. The lowest BCUT2D eigenvalue weighted by atomic mass is 9.63. The molecule has 112 valence electrons. The van der Waals surface area contributed by atoms with Crippen LogP contribution in [0.15, 0.2) is 42.5 Å². The summed E-state index contributed by atoms with van der Waals surface area (Å²) in [5.74, 6) is -1.17. The van der Waals surface area contributed by atoms with Gasteiger partial charge in [0.1, 0.15) is 6.04 Å². The third-order valence-electron chi connectivity index (χ3n) is 4.18. The van der Waals surface area contributed by atoms with Crippen LogP contribution in [0.2, 0.25) is 0 Å². The summed E-state index contributed by atoms with van der Waals surface area (Å²) in [5, 5.41) is 11.9. The summed E-state index contributed by atoms with van der Waals surface area (Å²) < 4.78 is 0. The van der Waals surface area contributed by atoms with Crippen molar-refractivity contribution in [3.8, 4) is 0 Å². The van der Waals surface area contributed by atoms with Gasteiger partial charge in [0.2, 0.25) is 5.91 Å². The van der Waals surface area contributed by atoms with E-state index in [1.54, 1.807) is 12.2 Å². The van der Waals surface area contributed by atoms with Gasteiger partial charge in [-0.15, -0.1) is 0 Å². The zero-order chi connectivity index (χ0) is 15.3. The number of nitrogens with one attached hydrogen (secondary N) is 1. The van der Waals surface area contributed by atoms with E-state index in [4.69, 9.17) is 0 Å². The van der Waals surface area contributed by atoms with Crippen LogP contribution in [0.5, 0.6) is 0 Å². The van der Waals surface area contributed by atoms with Crippen LogP contribution in [-0.4, -0.2) is 23.0 Å². The van der Waals surface area contributed by atoms with E-state index in [9.17, 15) is 14.7 Å². The molecule has 0 aliphatic heterocycles. The Labute approximate surface area is 124 Å². The molecule has 0 aromatic heterocycles. The second kappa shape index (κ2) is 6.57. The van der Waals surface area contributed by atoms with E-state index < -0.39 is 17.4 Å². The highest BCUT2D eigenvalue weighted by Gasteiger charge is 2.46. The highest BCUT2D eigenvalue weighted by molar-refractivity contribution is 5.92. The second-order valence-electron chi connectivity index (χ2n) is 5.47. The Balaban J connectivity index is 2.15. The Morgan fingerprint density at radius 2 is 2.00 bits per heavy atom. The quantitative estimate of drug-likeness (QED) is 0.790. The number of carboxylic acid groups (broad SMARTS) is 1. The molecular formula is C17H21NO3. The minimum absolute atomic E-state index is 0.170. The van der Waals surface area contributed by atoms with Crippen molar-refractivity contribution in [1.29, 1.82) is 0 Å². The summed E-state index contributed by atoms with van der Waals surface area (Å²) >= 11 is 0. The molecule has 1 aromatic rings. The van der Waals surface area contributed by atoms with Crippen molar-refractivity contribution < 1.29 is 14.7 Å². The molecule has 21 heavy (non-hydrogen) atoms. The normalized spacial score (nSPS) is 18.0. The van der Waals surface area contributed by atoms with Gasteiger partial charge in [-0.3, -0.25) is 4.79 Å². The number of aliphatic carboxylic acids is 1. The van der Waals surface area contributed by atoms with Gasteiger partial charge in [-0.05, 0) is 31.7 Å². The van der Waals surface area contributed by atoms with Crippen LogP contribution in [0.4, 0.5) is 0 Å². The number of carbonyl (C=O) groups is 2. The number of hydrogen-bond acceptors (Lipinski definition) is 2. The fourth-order valence-electron chi connectivity index (χ4n) is 2.72. The number of allylic oxidation sites excluding steroid dienone is 1. The van der Waals surface area contributed by atoms with Crippen LogP contribution in [-0.2, 0) is 15.0 Å². The lowest BCUT2D eigenvalue weighted by Gasteiger charge is -2.41. The minimum Gasteiger partial charge on any atom is -0.480 e. The Kier molecular flexibility index (Phi) is 4.78. The predicted octanol–water partition coefficient (Wildman–Crippen LogP) is 2.64. The molecule has 1 amide bonds. The van der Waals surface area contributed by atoms with E-state index in [1.807, 2.05) is 37.3 Å². The molecule has 1 unspecified atom stereocenters. The van der Waals surface area contributed by atoms with Crippen molar-refractivity contribution in [2.45, 2.75) is 44.1 Å². The van der Waals surface area contributed by atoms with Gasteiger partial charge in [0.15, 0.2) is 0 Å². The number of benzene rings is 1. The van der Waals surface area contributed by atoms with Gasteiger partial charge in [0.05, 0.1) is 5.41 Å². The average Bonchev–Trinajstić information content (AvgIpc) is 2.43. The molecule has 0 bridgehead atoms. The first-order chi connectivity index (χ1) is 10.1. The van der Waals surface area contributed by atoms with Gasteiger partial charge < -0.3 is 10.4 Å². The third-order valence-corrected chi connectivity index (χ3v) is 4.18. The number of carbonyl (C=O) groups excluding carboxylic acids is 1. The molecule has 1 saturated carbocycles. The summed E-state index contributed by atoms with van der Waals surface area (Å²) in [6, 6.07) is 8.77. The van der Waals surface area contributed by atoms with Gasteiger partial charge in [0.25, 0.3) is 0 Å². The molecule has 0 saturated heterocycles. The molecule has 1 aliphatic carbocycles. The van der Waals surface area contributed by atoms with Crippen LogP contribution in [0.25, 0.3) is 0 Å². The Bertz CT molecular complexity index is 532. The molecule has 4 heteroatoms. The summed E-state index contributed by atoms with van der Waals surface area (Å²) in [7, 11) is 0. The van der Waals surface area contributed by atoms with Crippen LogP contribution < -0.4 is 5.32 Å². The molecule has 1 aromatic carbocycles. The number of amides is 1. The molecule has 0 spiro atoms. The average molecular weight is 287 g/mol.